The second-order valence-corrected chi connectivity index (χ2v) is 5.26. The number of carbonyl (C=O) groups is 1. The Hall–Kier alpha value is -2.14. The van der Waals surface area contributed by atoms with Gasteiger partial charge in [-0.2, -0.15) is 0 Å². The molecule has 4 nitrogen and oxygen atoms in total. The van der Waals surface area contributed by atoms with Gasteiger partial charge in [0.05, 0.1) is 6.54 Å². The lowest BCUT2D eigenvalue weighted by molar-refractivity contribution is 0.0695. The van der Waals surface area contributed by atoms with Crippen LogP contribution in [0.25, 0.3) is 0 Å². The Kier molecular flexibility index (Phi) is 3.75. The first kappa shape index (κ1) is 13.8. The van der Waals surface area contributed by atoms with Crippen LogP contribution in [0.2, 0.25) is 0 Å². The van der Waals surface area contributed by atoms with Crippen LogP contribution in [0.5, 0.6) is 0 Å². The summed E-state index contributed by atoms with van der Waals surface area (Å²) in [5.41, 5.74) is 6.40. The molecule has 0 atom stereocenters. The van der Waals surface area contributed by atoms with Gasteiger partial charge in [0.15, 0.2) is 5.76 Å². The molecule has 21 heavy (non-hydrogen) atoms. The molecule has 0 bridgehead atoms. The number of hydrogen-bond acceptors (Lipinski definition) is 3. The van der Waals surface area contributed by atoms with Gasteiger partial charge in [-0.25, -0.2) is 4.39 Å². The monoisotopic (exact) mass is 288 g/mol. The van der Waals surface area contributed by atoms with Crippen LogP contribution in [0.1, 0.15) is 34.7 Å². The zero-order chi connectivity index (χ0) is 14.8. The highest BCUT2D eigenvalue weighted by Crippen LogP contribution is 2.30. The van der Waals surface area contributed by atoms with E-state index in [-0.39, 0.29) is 24.3 Å². The SMILES string of the molecule is NCc1ccc(C(=O)N(Cc2ccc(F)cc2)C2CC2)o1. The summed E-state index contributed by atoms with van der Waals surface area (Å²) >= 11 is 0. The molecule has 1 saturated carbocycles. The fourth-order valence-electron chi connectivity index (χ4n) is 2.28. The van der Waals surface area contributed by atoms with Crippen molar-refractivity contribution in [2.24, 2.45) is 5.73 Å². The van der Waals surface area contributed by atoms with E-state index in [1.165, 1.54) is 12.1 Å². The fraction of sp³-hybridized carbons (Fsp3) is 0.312. The first-order valence-electron chi connectivity index (χ1n) is 7.01. The third-order valence-corrected chi connectivity index (χ3v) is 3.59. The summed E-state index contributed by atoms with van der Waals surface area (Å²) in [7, 11) is 0. The average molecular weight is 288 g/mol. The Morgan fingerprint density at radius 3 is 2.52 bits per heavy atom. The zero-order valence-corrected chi connectivity index (χ0v) is 11.6. The molecule has 2 N–H and O–H groups in total. The number of nitrogens with zero attached hydrogens (tertiary/aromatic N) is 1. The van der Waals surface area contributed by atoms with Gasteiger partial charge < -0.3 is 15.1 Å². The first-order chi connectivity index (χ1) is 10.2. The molecule has 5 heteroatoms. The second-order valence-electron chi connectivity index (χ2n) is 5.26. The van der Waals surface area contributed by atoms with E-state index in [9.17, 15) is 9.18 Å². The number of amides is 1. The Morgan fingerprint density at radius 1 is 1.24 bits per heavy atom. The molecular formula is C16H17FN2O2. The molecule has 1 fully saturated rings. The van der Waals surface area contributed by atoms with Crippen molar-refractivity contribution in [3.63, 3.8) is 0 Å². The van der Waals surface area contributed by atoms with Gasteiger partial charge >= 0.3 is 0 Å². The normalized spacial score (nSPS) is 14.2. The summed E-state index contributed by atoms with van der Waals surface area (Å²) in [4.78, 5) is 14.3. The van der Waals surface area contributed by atoms with Crippen molar-refractivity contribution in [2.45, 2.75) is 32.0 Å². The van der Waals surface area contributed by atoms with Crippen LogP contribution in [0.3, 0.4) is 0 Å². The number of benzene rings is 1. The van der Waals surface area contributed by atoms with Crippen LogP contribution in [-0.4, -0.2) is 16.8 Å². The number of hydrogen-bond donors (Lipinski definition) is 1. The van der Waals surface area contributed by atoms with Crippen molar-refractivity contribution in [3.05, 3.63) is 59.3 Å². The van der Waals surface area contributed by atoms with Crippen LogP contribution in [0, 0.1) is 5.82 Å². The Bertz CT molecular complexity index is 632. The van der Waals surface area contributed by atoms with Crippen LogP contribution < -0.4 is 5.73 Å². The summed E-state index contributed by atoms with van der Waals surface area (Å²) in [6, 6.07) is 9.83. The van der Waals surface area contributed by atoms with E-state index < -0.39 is 0 Å². The molecule has 1 heterocycles. The van der Waals surface area contributed by atoms with Crippen molar-refractivity contribution < 1.29 is 13.6 Å². The van der Waals surface area contributed by atoms with Crippen molar-refractivity contribution in [1.29, 1.82) is 0 Å². The van der Waals surface area contributed by atoms with Gasteiger partial charge in [0, 0.05) is 12.6 Å². The maximum atomic E-state index is 13.0. The van der Waals surface area contributed by atoms with E-state index in [1.807, 2.05) is 0 Å². The van der Waals surface area contributed by atoms with Crippen LogP contribution >= 0.6 is 0 Å². The van der Waals surface area contributed by atoms with Crippen LogP contribution in [0.4, 0.5) is 4.39 Å². The molecule has 0 spiro atoms. The fourth-order valence-corrected chi connectivity index (χ4v) is 2.28. The van der Waals surface area contributed by atoms with E-state index in [2.05, 4.69) is 0 Å². The summed E-state index contributed by atoms with van der Waals surface area (Å²) in [5.74, 6) is 0.489. The Labute approximate surface area is 122 Å². The number of carbonyl (C=O) groups excluding carboxylic acids is 1. The van der Waals surface area contributed by atoms with Crippen molar-refractivity contribution in [1.82, 2.24) is 4.90 Å². The molecule has 110 valence electrons. The third-order valence-electron chi connectivity index (χ3n) is 3.59. The highest BCUT2D eigenvalue weighted by atomic mass is 19.1. The minimum absolute atomic E-state index is 0.137. The number of rotatable bonds is 5. The highest BCUT2D eigenvalue weighted by molar-refractivity contribution is 5.92. The van der Waals surface area contributed by atoms with Gasteiger partial charge in [-0.15, -0.1) is 0 Å². The minimum Gasteiger partial charge on any atom is -0.455 e. The molecule has 1 aromatic heterocycles. The predicted molar refractivity (Wildman–Crippen MR) is 75.9 cm³/mol. The molecule has 1 amide bonds. The molecule has 2 aromatic rings. The number of furan rings is 1. The quantitative estimate of drug-likeness (QED) is 0.920. The van der Waals surface area contributed by atoms with E-state index in [4.69, 9.17) is 10.2 Å². The van der Waals surface area contributed by atoms with Crippen molar-refractivity contribution >= 4 is 5.91 Å². The highest BCUT2D eigenvalue weighted by Gasteiger charge is 2.34. The van der Waals surface area contributed by atoms with Crippen molar-refractivity contribution in [2.75, 3.05) is 0 Å². The molecule has 1 aromatic carbocycles. The Morgan fingerprint density at radius 2 is 1.95 bits per heavy atom. The molecule has 0 aliphatic heterocycles. The summed E-state index contributed by atoms with van der Waals surface area (Å²) in [6.07, 6.45) is 1.99. The van der Waals surface area contributed by atoms with Crippen molar-refractivity contribution in [3.8, 4) is 0 Å². The summed E-state index contributed by atoms with van der Waals surface area (Å²) < 4.78 is 18.4. The second kappa shape index (κ2) is 5.69. The van der Waals surface area contributed by atoms with Gasteiger partial charge in [0.1, 0.15) is 11.6 Å². The van der Waals surface area contributed by atoms with E-state index >= 15 is 0 Å². The maximum absolute atomic E-state index is 13.0. The number of nitrogens with two attached hydrogens (primary N) is 1. The molecule has 1 aliphatic rings. The van der Waals surface area contributed by atoms with Gasteiger partial charge in [-0.3, -0.25) is 4.79 Å². The lowest BCUT2D eigenvalue weighted by Gasteiger charge is -2.21. The third kappa shape index (κ3) is 3.13. The summed E-state index contributed by atoms with van der Waals surface area (Å²) in [5, 5.41) is 0. The smallest absolute Gasteiger partial charge is 0.290 e. The minimum atomic E-state index is -0.276. The van der Waals surface area contributed by atoms with Gasteiger partial charge in [0.25, 0.3) is 5.91 Å². The van der Waals surface area contributed by atoms with Crippen LogP contribution in [-0.2, 0) is 13.1 Å². The first-order valence-corrected chi connectivity index (χ1v) is 7.01. The molecule has 0 unspecified atom stereocenters. The van der Waals surface area contributed by atoms with E-state index in [0.29, 0.717) is 18.1 Å². The zero-order valence-electron chi connectivity index (χ0n) is 11.6. The molecule has 0 saturated heterocycles. The molecular weight excluding hydrogens is 271 g/mol. The van der Waals surface area contributed by atoms with Gasteiger partial charge in [-0.05, 0) is 42.7 Å². The van der Waals surface area contributed by atoms with Gasteiger partial charge in [-0.1, -0.05) is 12.1 Å². The van der Waals surface area contributed by atoms with E-state index in [1.54, 1.807) is 29.2 Å². The topological polar surface area (TPSA) is 59.5 Å². The largest absolute Gasteiger partial charge is 0.455 e. The molecule has 3 rings (SSSR count). The van der Waals surface area contributed by atoms with E-state index in [0.717, 1.165) is 18.4 Å². The molecule has 1 aliphatic carbocycles. The lowest BCUT2D eigenvalue weighted by atomic mass is 10.2. The average Bonchev–Trinajstić information content (AvgIpc) is 3.22. The predicted octanol–water partition coefficient (Wildman–Crippen LogP) is 2.68. The van der Waals surface area contributed by atoms with Gasteiger partial charge in [0.2, 0.25) is 0 Å². The standard InChI is InChI=1S/C16H17FN2O2/c17-12-3-1-11(2-4-12)10-19(13-5-6-13)16(20)15-8-7-14(9-18)21-15/h1-4,7-8,13H,5-6,9-10,18H2. The van der Waals surface area contributed by atoms with Crippen LogP contribution in [0.15, 0.2) is 40.8 Å². The summed E-state index contributed by atoms with van der Waals surface area (Å²) in [6.45, 7) is 0.733. The maximum Gasteiger partial charge on any atom is 0.290 e. The molecule has 0 radical (unpaired) electrons. The Balaban J connectivity index is 1.77. The lowest BCUT2D eigenvalue weighted by Crippen LogP contribution is -2.32. The number of halogens is 1.